The van der Waals surface area contributed by atoms with Gasteiger partial charge < -0.3 is 17.2 Å². The monoisotopic (exact) mass is 296 g/mol. The number of rotatable bonds is 3. The van der Waals surface area contributed by atoms with Crippen molar-refractivity contribution < 1.29 is 0 Å². The fourth-order valence-corrected chi connectivity index (χ4v) is 2.62. The van der Waals surface area contributed by atoms with E-state index in [2.05, 4.69) is 17.2 Å². The maximum absolute atomic E-state index is 7.59. The highest BCUT2D eigenvalue weighted by molar-refractivity contribution is 5.85. The number of halogens is 1. The minimum absolute atomic E-state index is 0. The molecule has 6 nitrogen and oxygen atoms in total. The van der Waals surface area contributed by atoms with Crippen molar-refractivity contribution in [3.05, 3.63) is 35.4 Å². The molecule has 1 aromatic rings. The molecule has 0 aromatic heterocycles. The molecule has 0 amide bonds. The molecule has 0 radical (unpaired) electrons. The van der Waals surface area contributed by atoms with E-state index in [1.165, 1.54) is 16.1 Å². The van der Waals surface area contributed by atoms with Gasteiger partial charge in [-0.25, -0.2) is 5.01 Å². The molecule has 7 heteroatoms. The first-order chi connectivity index (χ1) is 8.99. The van der Waals surface area contributed by atoms with Crippen molar-refractivity contribution in [3.8, 4) is 0 Å². The molecule has 0 bridgehead atoms. The SMILES string of the molecule is CC(C1Cc2ccccc2C1)N(N=C(N)N)C(=N)N.Cl. The van der Waals surface area contributed by atoms with E-state index < -0.39 is 0 Å². The van der Waals surface area contributed by atoms with Crippen molar-refractivity contribution in [1.29, 1.82) is 5.41 Å². The molecule has 7 N–H and O–H groups in total. The summed E-state index contributed by atoms with van der Waals surface area (Å²) in [7, 11) is 0. The van der Waals surface area contributed by atoms with Gasteiger partial charge in [-0.3, -0.25) is 5.41 Å². The molecule has 0 saturated heterocycles. The molecule has 1 unspecified atom stereocenters. The van der Waals surface area contributed by atoms with Crippen LogP contribution in [0, 0.1) is 11.3 Å². The second-order valence-electron chi connectivity index (χ2n) is 4.93. The standard InChI is InChI=1S/C13H20N6.ClH/c1-8(19(13(16)17)18-12(14)15)11-6-9-4-2-3-5-10(9)7-11;/h2-5,8,11H,6-7H2,1H3,(H3,16,17)(H4,14,15,18);1H. The van der Waals surface area contributed by atoms with E-state index in [0.717, 1.165) is 12.8 Å². The van der Waals surface area contributed by atoms with Crippen LogP contribution in [0.15, 0.2) is 29.4 Å². The van der Waals surface area contributed by atoms with Gasteiger partial charge in [0.05, 0.1) is 6.04 Å². The fourth-order valence-electron chi connectivity index (χ4n) is 2.62. The molecule has 1 atom stereocenters. The Kier molecular flexibility index (Phi) is 5.21. The van der Waals surface area contributed by atoms with E-state index in [1.807, 2.05) is 19.1 Å². The highest BCUT2D eigenvalue weighted by Gasteiger charge is 2.30. The maximum atomic E-state index is 7.59. The zero-order valence-electron chi connectivity index (χ0n) is 11.4. The van der Waals surface area contributed by atoms with Crippen molar-refractivity contribution in [2.45, 2.75) is 25.8 Å². The van der Waals surface area contributed by atoms with Crippen LogP contribution in [0.4, 0.5) is 0 Å². The molecular weight excluding hydrogens is 276 g/mol. The van der Waals surface area contributed by atoms with Gasteiger partial charge in [-0.1, -0.05) is 24.3 Å². The lowest BCUT2D eigenvalue weighted by atomic mass is 9.98. The molecule has 0 aliphatic heterocycles. The first-order valence-corrected chi connectivity index (χ1v) is 6.28. The minimum atomic E-state index is -0.142. The molecule has 0 saturated carbocycles. The van der Waals surface area contributed by atoms with E-state index in [1.54, 1.807) is 0 Å². The van der Waals surface area contributed by atoms with Gasteiger partial charge in [0.2, 0.25) is 11.9 Å². The van der Waals surface area contributed by atoms with Crippen LogP contribution in [0.25, 0.3) is 0 Å². The van der Waals surface area contributed by atoms with Crippen molar-refractivity contribution in [2.75, 3.05) is 0 Å². The van der Waals surface area contributed by atoms with Crippen LogP contribution in [0.3, 0.4) is 0 Å². The van der Waals surface area contributed by atoms with Gasteiger partial charge in [-0.05, 0) is 36.8 Å². The van der Waals surface area contributed by atoms with Crippen molar-refractivity contribution in [1.82, 2.24) is 5.01 Å². The first-order valence-electron chi connectivity index (χ1n) is 6.28. The zero-order chi connectivity index (χ0) is 14.0. The number of fused-ring (bicyclic) bond motifs is 1. The average molecular weight is 297 g/mol. The van der Waals surface area contributed by atoms with Crippen LogP contribution in [0.5, 0.6) is 0 Å². The summed E-state index contributed by atoms with van der Waals surface area (Å²) in [6.45, 7) is 1.99. The van der Waals surface area contributed by atoms with Crippen LogP contribution in [0.2, 0.25) is 0 Å². The Labute approximate surface area is 124 Å². The number of benzene rings is 1. The summed E-state index contributed by atoms with van der Waals surface area (Å²) in [5.74, 6) is 0.124. The minimum Gasteiger partial charge on any atom is -0.369 e. The maximum Gasteiger partial charge on any atom is 0.209 e. The van der Waals surface area contributed by atoms with Gasteiger partial charge in [0, 0.05) is 0 Å². The van der Waals surface area contributed by atoms with Crippen molar-refractivity contribution in [2.24, 2.45) is 28.2 Å². The molecular formula is C13H21ClN6. The molecule has 0 spiro atoms. The zero-order valence-corrected chi connectivity index (χ0v) is 12.2. The van der Waals surface area contributed by atoms with E-state index in [-0.39, 0.29) is 30.4 Å². The third-order valence-corrected chi connectivity index (χ3v) is 3.62. The average Bonchev–Trinajstić information content (AvgIpc) is 2.78. The van der Waals surface area contributed by atoms with Crippen LogP contribution < -0.4 is 17.2 Å². The predicted octanol–water partition coefficient (Wildman–Crippen LogP) is 0.596. The Hall–Kier alpha value is -1.95. The summed E-state index contributed by atoms with van der Waals surface area (Å²) in [4.78, 5) is 0. The summed E-state index contributed by atoms with van der Waals surface area (Å²) in [5, 5.41) is 12.9. The molecule has 0 fully saturated rings. The normalized spacial score (nSPS) is 14.8. The molecule has 1 aromatic carbocycles. The molecule has 2 rings (SSSR count). The Morgan fingerprint density at radius 3 is 2.15 bits per heavy atom. The summed E-state index contributed by atoms with van der Waals surface area (Å²) >= 11 is 0. The van der Waals surface area contributed by atoms with Crippen molar-refractivity contribution in [3.63, 3.8) is 0 Å². The predicted molar refractivity (Wildman–Crippen MR) is 83.6 cm³/mol. The van der Waals surface area contributed by atoms with Crippen LogP contribution in [0.1, 0.15) is 18.1 Å². The largest absolute Gasteiger partial charge is 0.369 e. The molecule has 0 heterocycles. The second kappa shape index (κ2) is 6.47. The highest BCUT2D eigenvalue weighted by Crippen LogP contribution is 2.30. The van der Waals surface area contributed by atoms with E-state index in [0.29, 0.717) is 5.92 Å². The van der Waals surface area contributed by atoms with E-state index in [4.69, 9.17) is 22.6 Å². The van der Waals surface area contributed by atoms with Gasteiger partial charge >= 0.3 is 0 Å². The summed E-state index contributed by atoms with van der Waals surface area (Å²) < 4.78 is 0. The Morgan fingerprint density at radius 1 is 1.25 bits per heavy atom. The molecule has 1 aliphatic rings. The highest BCUT2D eigenvalue weighted by atomic mass is 35.5. The van der Waals surface area contributed by atoms with Gasteiger partial charge in [-0.15, -0.1) is 17.5 Å². The van der Waals surface area contributed by atoms with Gasteiger partial charge in [0.25, 0.3) is 0 Å². The third-order valence-electron chi connectivity index (χ3n) is 3.62. The Bertz CT molecular complexity index is 486. The summed E-state index contributed by atoms with van der Waals surface area (Å²) in [6, 6.07) is 8.35. The van der Waals surface area contributed by atoms with Crippen LogP contribution in [-0.2, 0) is 12.8 Å². The Balaban J connectivity index is 0.00000200. The summed E-state index contributed by atoms with van der Waals surface area (Å²) in [5.41, 5.74) is 19.0. The lowest BCUT2D eigenvalue weighted by Gasteiger charge is -2.29. The molecule has 1 aliphatic carbocycles. The first kappa shape index (κ1) is 16.1. The van der Waals surface area contributed by atoms with Gasteiger partial charge in [0.1, 0.15) is 0 Å². The summed E-state index contributed by atoms with van der Waals surface area (Å²) in [6.07, 6.45) is 1.92. The molecule has 20 heavy (non-hydrogen) atoms. The van der Waals surface area contributed by atoms with Gasteiger partial charge in [0.15, 0.2) is 0 Å². The second-order valence-corrected chi connectivity index (χ2v) is 4.93. The third kappa shape index (κ3) is 3.33. The number of nitrogens with zero attached hydrogens (tertiary/aromatic N) is 2. The molecule has 110 valence electrons. The number of hydrazone groups is 1. The lowest BCUT2D eigenvalue weighted by Crippen LogP contribution is -2.45. The van der Waals surface area contributed by atoms with Crippen molar-refractivity contribution >= 4 is 24.3 Å². The fraction of sp³-hybridized carbons (Fsp3) is 0.385. The quantitative estimate of drug-likeness (QED) is 0.371. The smallest absolute Gasteiger partial charge is 0.209 e. The number of hydrogen-bond acceptors (Lipinski definition) is 2. The van der Waals surface area contributed by atoms with E-state index >= 15 is 0 Å². The Morgan fingerprint density at radius 2 is 1.75 bits per heavy atom. The number of hydrogen-bond donors (Lipinski definition) is 4. The van der Waals surface area contributed by atoms with E-state index in [9.17, 15) is 0 Å². The topological polar surface area (TPSA) is 118 Å². The van der Waals surface area contributed by atoms with Crippen LogP contribution >= 0.6 is 12.4 Å². The lowest BCUT2D eigenvalue weighted by molar-refractivity contribution is 0.251. The number of nitrogens with two attached hydrogens (primary N) is 3. The van der Waals surface area contributed by atoms with Crippen LogP contribution in [-0.4, -0.2) is 23.0 Å². The number of nitrogens with one attached hydrogen (secondary N) is 1. The van der Waals surface area contributed by atoms with Gasteiger partial charge in [-0.2, -0.15) is 0 Å². The number of guanidine groups is 2.